The Morgan fingerprint density at radius 2 is 2.16 bits per heavy atom. The maximum absolute atomic E-state index is 12.1. The number of nitrogens with zero attached hydrogens (tertiary/aromatic N) is 2. The number of carbonyl (C=O) groups is 1. The average molecular weight is 258 g/mol. The minimum absolute atomic E-state index is 0.114. The Bertz CT molecular complexity index is 653. The van der Waals surface area contributed by atoms with Crippen molar-refractivity contribution in [1.82, 2.24) is 9.55 Å². The van der Waals surface area contributed by atoms with E-state index < -0.39 is 5.41 Å². The fourth-order valence-electron chi connectivity index (χ4n) is 2.94. The van der Waals surface area contributed by atoms with Crippen molar-refractivity contribution in [3.8, 4) is 0 Å². The summed E-state index contributed by atoms with van der Waals surface area (Å²) in [5.41, 5.74) is 2.68. The molecule has 1 aliphatic carbocycles. The molecule has 0 radical (unpaired) electrons. The van der Waals surface area contributed by atoms with Gasteiger partial charge in [-0.15, -0.1) is 0 Å². The lowest BCUT2D eigenvalue weighted by Crippen LogP contribution is -2.43. The van der Waals surface area contributed by atoms with Gasteiger partial charge in [-0.1, -0.05) is 12.5 Å². The van der Waals surface area contributed by atoms with Crippen molar-refractivity contribution < 1.29 is 9.53 Å². The van der Waals surface area contributed by atoms with E-state index in [4.69, 9.17) is 4.74 Å². The third-order valence-corrected chi connectivity index (χ3v) is 4.44. The number of hydrogen-bond donors (Lipinski definition) is 0. The van der Waals surface area contributed by atoms with Crippen LogP contribution in [0.15, 0.2) is 18.2 Å². The number of ether oxygens (including phenoxy) is 1. The molecule has 1 aromatic heterocycles. The van der Waals surface area contributed by atoms with Crippen LogP contribution in [-0.2, 0) is 22.0 Å². The Labute approximate surface area is 112 Å². The zero-order chi connectivity index (χ0) is 13.6. The van der Waals surface area contributed by atoms with Crippen molar-refractivity contribution in [2.45, 2.75) is 31.6 Å². The monoisotopic (exact) mass is 258 g/mol. The van der Waals surface area contributed by atoms with Gasteiger partial charge in [-0.3, -0.25) is 4.79 Å². The maximum Gasteiger partial charge on any atom is 0.316 e. The number of aromatic nitrogens is 2. The number of aryl methyl sites for hydroxylation is 2. The van der Waals surface area contributed by atoms with Gasteiger partial charge in [-0.2, -0.15) is 0 Å². The molecule has 0 atom stereocenters. The highest BCUT2D eigenvalue weighted by atomic mass is 16.5. The Morgan fingerprint density at radius 1 is 1.42 bits per heavy atom. The molecular formula is C15H18N2O2. The van der Waals surface area contributed by atoms with E-state index in [9.17, 15) is 4.79 Å². The quantitative estimate of drug-likeness (QED) is 0.777. The number of fused-ring (bicyclic) bond motifs is 1. The van der Waals surface area contributed by atoms with Crippen LogP contribution in [0.25, 0.3) is 11.0 Å². The summed E-state index contributed by atoms with van der Waals surface area (Å²) in [6.07, 6.45) is 2.83. The van der Waals surface area contributed by atoms with E-state index in [1.807, 2.05) is 26.1 Å². The average Bonchev–Trinajstić information content (AvgIpc) is 2.64. The van der Waals surface area contributed by atoms with Crippen LogP contribution in [0, 0.1) is 6.92 Å². The minimum Gasteiger partial charge on any atom is -0.468 e. The first-order valence-corrected chi connectivity index (χ1v) is 6.60. The zero-order valence-corrected chi connectivity index (χ0v) is 11.6. The number of imidazole rings is 1. The van der Waals surface area contributed by atoms with Crippen LogP contribution < -0.4 is 0 Å². The molecule has 1 saturated carbocycles. The topological polar surface area (TPSA) is 44.1 Å². The third kappa shape index (κ3) is 1.59. The molecule has 3 rings (SSSR count). The number of rotatable bonds is 2. The first-order valence-electron chi connectivity index (χ1n) is 6.60. The van der Waals surface area contributed by atoms with E-state index in [0.29, 0.717) is 0 Å². The van der Waals surface area contributed by atoms with Gasteiger partial charge in [0.2, 0.25) is 0 Å². The molecule has 0 unspecified atom stereocenters. The van der Waals surface area contributed by atoms with Gasteiger partial charge in [0.25, 0.3) is 0 Å². The summed E-state index contributed by atoms with van der Waals surface area (Å²) in [5.74, 6) is 0.866. The van der Waals surface area contributed by atoms with Gasteiger partial charge in [0.15, 0.2) is 0 Å². The Hall–Kier alpha value is -1.84. The molecule has 2 aromatic rings. The molecule has 0 spiro atoms. The van der Waals surface area contributed by atoms with Crippen LogP contribution in [0.3, 0.4) is 0 Å². The Kier molecular flexibility index (Phi) is 2.62. The summed E-state index contributed by atoms with van der Waals surface area (Å²) in [7, 11) is 3.47. The predicted molar refractivity (Wildman–Crippen MR) is 73.0 cm³/mol. The molecule has 4 nitrogen and oxygen atoms in total. The van der Waals surface area contributed by atoms with Crippen LogP contribution in [0.4, 0.5) is 0 Å². The highest BCUT2D eigenvalue weighted by Crippen LogP contribution is 2.45. The van der Waals surface area contributed by atoms with Crippen molar-refractivity contribution in [3.05, 3.63) is 29.6 Å². The van der Waals surface area contributed by atoms with Crippen molar-refractivity contribution >= 4 is 17.0 Å². The molecule has 19 heavy (non-hydrogen) atoms. The van der Waals surface area contributed by atoms with Gasteiger partial charge >= 0.3 is 5.97 Å². The molecule has 100 valence electrons. The van der Waals surface area contributed by atoms with Crippen molar-refractivity contribution in [2.24, 2.45) is 7.05 Å². The lowest BCUT2D eigenvalue weighted by Gasteiger charge is -2.39. The number of hydrogen-bond acceptors (Lipinski definition) is 3. The molecule has 1 heterocycles. The first kappa shape index (κ1) is 12.2. The molecular weight excluding hydrogens is 240 g/mol. The molecule has 1 fully saturated rings. The van der Waals surface area contributed by atoms with E-state index in [-0.39, 0.29) is 5.97 Å². The lowest BCUT2D eigenvalue weighted by molar-refractivity contribution is -0.151. The molecule has 0 bridgehead atoms. The molecule has 0 N–H and O–H groups in total. The van der Waals surface area contributed by atoms with Gasteiger partial charge < -0.3 is 9.30 Å². The van der Waals surface area contributed by atoms with E-state index in [2.05, 4.69) is 15.6 Å². The number of benzene rings is 1. The predicted octanol–water partition coefficient (Wildman–Crippen LogP) is 2.48. The molecule has 0 aliphatic heterocycles. The van der Waals surface area contributed by atoms with Crippen molar-refractivity contribution in [3.63, 3.8) is 0 Å². The second-order valence-corrected chi connectivity index (χ2v) is 5.35. The number of carbonyl (C=O) groups excluding carboxylic acids is 1. The Morgan fingerprint density at radius 3 is 2.74 bits per heavy atom. The van der Waals surface area contributed by atoms with Gasteiger partial charge in [0.1, 0.15) is 5.82 Å². The molecule has 0 saturated heterocycles. The summed E-state index contributed by atoms with van der Waals surface area (Å²) in [5, 5.41) is 0. The normalized spacial score (nSPS) is 17.2. The summed E-state index contributed by atoms with van der Waals surface area (Å²) in [6.45, 7) is 1.99. The second kappa shape index (κ2) is 4.08. The van der Waals surface area contributed by atoms with Crippen molar-refractivity contribution in [1.29, 1.82) is 0 Å². The van der Waals surface area contributed by atoms with E-state index in [1.54, 1.807) is 0 Å². The Balaban J connectivity index is 2.14. The molecule has 1 aromatic carbocycles. The first-order chi connectivity index (χ1) is 9.08. The van der Waals surface area contributed by atoms with Gasteiger partial charge in [0.05, 0.1) is 23.6 Å². The van der Waals surface area contributed by atoms with Crippen molar-refractivity contribution in [2.75, 3.05) is 7.11 Å². The fraction of sp³-hybridized carbons (Fsp3) is 0.467. The minimum atomic E-state index is -0.429. The number of methoxy groups -OCH3 is 1. The van der Waals surface area contributed by atoms with Crippen LogP contribution >= 0.6 is 0 Å². The number of esters is 1. The highest BCUT2D eigenvalue weighted by molar-refractivity contribution is 5.87. The largest absolute Gasteiger partial charge is 0.468 e. The molecule has 0 amide bonds. The van der Waals surface area contributed by atoms with Gasteiger partial charge in [0, 0.05) is 7.05 Å². The second-order valence-electron chi connectivity index (χ2n) is 5.35. The molecule has 1 aliphatic rings. The molecule has 4 heteroatoms. The van der Waals surface area contributed by atoms with Crippen LogP contribution in [0.1, 0.15) is 30.7 Å². The lowest BCUT2D eigenvalue weighted by atomic mass is 9.64. The van der Waals surface area contributed by atoms with E-state index >= 15 is 0 Å². The maximum atomic E-state index is 12.1. The standard InChI is InChI=1S/C15H18N2O2/c1-10-16-12-6-5-11(9-13(12)17(10)2)15(7-4-8-15)14(18)19-3/h5-6,9H,4,7-8H2,1-3H3. The summed E-state index contributed by atoms with van der Waals surface area (Å²) >= 11 is 0. The summed E-state index contributed by atoms with van der Waals surface area (Å²) in [6, 6.07) is 6.11. The van der Waals surface area contributed by atoms with Crippen LogP contribution in [0.2, 0.25) is 0 Å². The summed E-state index contributed by atoms with van der Waals surface area (Å²) in [4.78, 5) is 16.6. The van der Waals surface area contributed by atoms with Gasteiger partial charge in [-0.25, -0.2) is 4.98 Å². The highest BCUT2D eigenvalue weighted by Gasteiger charge is 2.46. The van der Waals surface area contributed by atoms with E-state index in [1.165, 1.54) is 7.11 Å². The van der Waals surface area contributed by atoms with Gasteiger partial charge in [-0.05, 0) is 37.5 Å². The van der Waals surface area contributed by atoms with Crippen LogP contribution in [-0.4, -0.2) is 22.6 Å². The van der Waals surface area contributed by atoms with Crippen LogP contribution in [0.5, 0.6) is 0 Å². The smallest absolute Gasteiger partial charge is 0.316 e. The SMILES string of the molecule is COC(=O)C1(c2ccc3nc(C)n(C)c3c2)CCC1. The fourth-order valence-corrected chi connectivity index (χ4v) is 2.94. The summed E-state index contributed by atoms with van der Waals surface area (Å²) < 4.78 is 7.06. The van der Waals surface area contributed by atoms with E-state index in [0.717, 1.165) is 41.7 Å². The third-order valence-electron chi connectivity index (χ3n) is 4.44. The zero-order valence-electron chi connectivity index (χ0n) is 11.6.